The van der Waals surface area contributed by atoms with Crippen molar-refractivity contribution in [1.82, 2.24) is 14.9 Å². The van der Waals surface area contributed by atoms with Crippen molar-refractivity contribution in [1.29, 1.82) is 0 Å². The van der Waals surface area contributed by atoms with Crippen LogP contribution >= 0.6 is 0 Å². The molecule has 1 aliphatic rings. The zero-order valence-corrected chi connectivity index (χ0v) is 8.52. The number of hydrogen-bond donors (Lipinski definition) is 1. The average molecular weight is 227 g/mol. The van der Waals surface area contributed by atoms with Crippen LogP contribution in [0.25, 0.3) is 0 Å². The van der Waals surface area contributed by atoms with Crippen molar-refractivity contribution in [2.45, 2.75) is 6.04 Å². The molecule has 2 heterocycles. The van der Waals surface area contributed by atoms with Gasteiger partial charge in [0.15, 0.2) is 9.84 Å². The fourth-order valence-corrected chi connectivity index (χ4v) is 2.51. The number of aromatic nitrogens is 2. The molecule has 1 atom stereocenters. The van der Waals surface area contributed by atoms with E-state index in [1.807, 2.05) is 0 Å². The Morgan fingerprint density at radius 1 is 1.53 bits per heavy atom. The van der Waals surface area contributed by atoms with Crippen LogP contribution < -0.4 is 5.32 Å². The largest absolute Gasteiger partial charge is 0.330 e. The van der Waals surface area contributed by atoms with Crippen LogP contribution in [0, 0.1) is 0 Å². The smallest absolute Gasteiger partial charge is 0.327 e. The Morgan fingerprint density at radius 2 is 2.33 bits per heavy atom. The predicted molar refractivity (Wildman–Crippen MR) is 52.9 cm³/mol. The molecule has 1 N–H and O–H groups in total. The van der Waals surface area contributed by atoms with Gasteiger partial charge in [-0.2, -0.15) is 0 Å². The van der Waals surface area contributed by atoms with E-state index in [4.69, 9.17) is 0 Å². The second kappa shape index (κ2) is 3.50. The van der Waals surface area contributed by atoms with Gasteiger partial charge in [-0.05, 0) is 6.08 Å². The summed E-state index contributed by atoms with van der Waals surface area (Å²) in [6.45, 7) is 0. The van der Waals surface area contributed by atoms with Crippen molar-refractivity contribution < 1.29 is 13.2 Å². The molecule has 1 amide bonds. The third-order valence-electron chi connectivity index (χ3n) is 1.98. The molecule has 80 valence electrons. The summed E-state index contributed by atoms with van der Waals surface area (Å²) in [4.78, 5) is 15.2. The maximum absolute atomic E-state index is 11.5. The minimum Gasteiger partial charge on any atom is -0.330 e. The summed E-state index contributed by atoms with van der Waals surface area (Å²) in [5, 5.41) is 3.67. The van der Waals surface area contributed by atoms with Crippen LogP contribution in [0.2, 0.25) is 0 Å². The molecule has 0 saturated carbocycles. The fraction of sp³-hybridized carbons (Fsp3) is 0.250. The zero-order chi connectivity index (χ0) is 10.9. The number of sulfone groups is 1. The highest BCUT2D eigenvalue weighted by Crippen LogP contribution is 2.07. The van der Waals surface area contributed by atoms with Crippen LogP contribution in [0.1, 0.15) is 0 Å². The SMILES string of the molecule is O=C(NC1C=CS(=O)(=O)C1)n1ccnc1. The van der Waals surface area contributed by atoms with E-state index >= 15 is 0 Å². The van der Waals surface area contributed by atoms with Crippen molar-refractivity contribution in [2.75, 3.05) is 5.75 Å². The first kappa shape index (κ1) is 9.91. The highest BCUT2D eigenvalue weighted by atomic mass is 32.2. The molecule has 15 heavy (non-hydrogen) atoms. The van der Waals surface area contributed by atoms with Gasteiger partial charge in [0.05, 0.1) is 11.8 Å². The van der Waals surface area contributed by atoms with Crippen LogP contribution in [0.15, 0.2) is 30.2 Å². The molecule has 1 aromatic rings. The van der Waals surface area contributed by atoms with Gasteiger partial charge in [-0.25, -0.2) is 18.2 Å². The van der Waals surface area contributed by atoms with Gasteiger partial charge in [-0.1, -0.05) is 0 Å². The van der Waals surface area contributed by atoms with Gasteiger partial charge in [0, 0.05) is 17.8 Å². The van der Waals surface area contributed by atoms with E-state index in [0.29, 0.717) is 0 Å². The highest BCUT2D eigenvalue weighted by Gasteiger charge is 2.23. The van der Waals surface area contributed by atoms with E-state index in [1.165, 1.54) is 29.4 Å². The van der Waals surface area contributed by atoms with E-state index < -0.39 is 15.9 Å². The molecule has 2 rings (SSSR count). The lowest BCUT2D eigenvalue weighted by Gasteiger charge is -2.09. The summed E-state index contributed by atoms with van der Waals surface area (Å²) in [6, 6.07) is -0.843. The Bertz CT molecular complexity index is 489. The Hall–Kier alpha value is -1.63. The molecule has 1 unspecified atom stereocenters. The summed E-state index contributed by atoms with van der Waals surface area (Å²) in [5.41, 5.74) is 0. The van der Waals surface area contributed by atoms with Crippen molar-refractivity contribution in [2.24, 2.45) is 0 Å². The number of imidazole rings is 1. The van der Waals surface area contributed by atoms with E-state index in [0.717, 1.165) is 5.41 Å². The van der Waals surface area contributed by atoms with Crippen molar-refractivity contribution in [3.8, 4) is 0 Å². The van der Waals surface area contributed by atoms with Crippen LogP contribution in [0.4, 0.5) is 4.79 Å². The predicted octanol–water partition coefficient (Wildman–Crippen LogP) is -0.249. The van der Waals surface area contributed by atoms with E-state index in [2.05, 4.69) is 10.3 Å². The molecule has 0 fully saturated rings. The lowest BCUT2D eigenvalue weighted by Crippen LogP contribution is -2.37. The molecule has 7 heteroatoms. The molecule has 0 radical (unpaired) electrons. The van der Waals surface area contributed by atoms with Gasteiger partial charge >= 0.3 is 6.03 Å². The molecule has 0 aromatic carbocycles. The third-order valence-corrected chi connectivity index (χ3v) is 3.37. The van der Waals surface area contributed by atoms with Crippen molar-refractivity contribution in [3.63, 3.8) is 0 Å². The molecule has 6 nitrogen and oxygen atoms in total. The van der Waals surface area contributed by atoms with Crippen LogP contribution in [-0.2, 0) is 9.84 Å². The van der Waals surface area contributed by atoms with Crippen LogP contribution in [-0.4, -0.2) is 35.8 Å². The number of rotatable bonds is 1. The standard InChI is InChI=1S/C8H9N3O3S/c12-8(11-3-2-9-6-11)10-7-1-4-15(13,14)5-7/h1-4,6-7H,5H2,(H,10,12). The zero-order valence-electron chi connectivity index (χ0n) is 7.70. The van der Waals surface area contributed by atoms with Crippen LogP contribution in [0.3, 0.4) is 0 Å². The first-order chi connectivity index (χ1) is 7.07. The summed E-state index contributed by atoms with van der Waals surface area (Å²) in [6.07, 6.45) is 5.77. The molecule has 0 bridgehead atoms. The number of carbonyl (C=O) groups excluding carboxylic acids is 1. The summed E-state index contributed by atoms with van der Waals surface area (Å²) >= 11 is 0. The number of carbonyl (C=O) groups is 1. The summed E-state index contributed by atoms with van der Waals surface area (Å²) in [5.74, 6) is -0.0760. The fourth-order valence-electron chi connectivity index (χ4n) is 1.28. The third kappa shape index (κ3) is 2.24. The van der Waals surface area contributed by atoms with Gasteiger partial charge < -0.3 is 5.32 Å². The van der Waals surface area contributed by atoms with Gasteiger partial charge in [0.25, 0.3) is 0 Å². The quantitative estimate of drug-likeness (QED) is 0.717. The van der Waals surface area contributed by atoms with E-state index in [9.17, 15) is 13.2 Å². The lowest BCUT2D eigenvalue weighted by molar-refractivity contribution is 0.241. The minimum atomic E-state index is -3.13. The molecular formula is C8H9N3O3S. The molecule has 1 aliphatic heterocycles. The Balaban J connectivity index is 2.01. The van der Waals surface area contributed by atoms with Gasteiger partial charge in [-0.15, -0.1) is 0 Å². The van der Waals surface area contributed by atoms with Crippen molar-refractivity contribution in [3.05, 3.63) is 30.2 Å². The maximum atomic E-state index is 11.5. The maximum Gasteiger partial charge on any atom is 0.327 e. The summed E-state index contributed by atoms with van der Waals surface area (Å²) < 4.78 is 23.4. The first-order valence-electron chi connectivity index (χ1n) is 4.27. The second-order valence-electron chi connectivity index (χ2n) is 3.18. The summed E-state index contributed by atoms with van der Waals surface area (Å²) in [7, 11) is -3.13. The topological polar surface area (TPSA) is 81.1 Å². The molecule has 0 spiro atoms. The number of amides is 1. The lowest BCUT2D eigenvalue weighted by atomic mass is 10.3. The number of nitrogens with zero attached hydrogens (tertiary/aromatic N) is 2. The second-order valence-corrected chi connectivity index (χ2v) is 5.12. The number of hydrogen-bond acceptors (Lipinski definition) is 4. The first-order valence-corrected chi connectivity index (χ1v) is 5.98. The van der Waals surface area contributed by atoms with Gasteiger partial charge in [0.1, 0.15) is 6.33 Å². The molecule has 0 aliphatic carbocycles. The van der Waals surface area contributed by atoms with Gasteiger partial charge in [0.2, 0.25) is 0 Å². The minimum absolute atomic E-state index is 0.0760. The van der Waals surface area contributed by atoms with E-state index in [1.54, 1.807) is 0 Å². The average Bonchev–Trinajstić information content (AvgIpc) is 2.74. The highest BCUT2D eigenvalue weighted by molar-refractivity contribution is 7.94. The Kier molecular flexibility index (Phi) is 2.31. The molecule has 0 saturated heterocycles. The normalized spacial score (nSPS) is 22.8. The van der Waals surface area contributed by atoms with Crippen LogP contribution in [0.5, 0.6) is 0 Å². The van der Waals surface area contributed by atoms with E-state index in [-0.39, 0.29) is 11.8 Å². The number of nitrogens with one attached hydrogen (secondary N) is 1. The Labute approximate surface area is 86.5 Å². The van der Waals surface area contributed by atoms with Gasteiger partial charge in [-0.3, -0.25) is 4.57 Å². The van der Waals surface area contributed by atoms with Crippen molar-refractivity contribution >= 4 is 15.9 Å². The monoisotopic (exact) mass is 227 g/mol. The molecular weight excluding hydrogens is 218 g/mol. The Morgan fingerprint density at radius 3 is 2.87 bits per heavy atom. The molecule has 1 aromatic heterocycles.